The topological polar surface area (TPSA) is 0 Å². The van der Waals surface area contributed by atoms with Gasteiger partial charge in [-0.25, -0.2) is 8.78 Å². The monoisotopic (exact) mass is 348 g/mol. The Morgan fingerprint density at radius 1 is 1.04 bits per heavy atom. The van der Waals surface area contributed by atoms with Gasteiger partial charge in [-0.3, -0.25) is 0 Å². The Bertz CT molecular complexity index is 320. The molecule has 0 aliphatic rings. The highest BCUT2D eigenvalue weighted by Gasteiger charge is 2.21. The quantitative estimate of drug-likeness (QED) is 0.237. The van der Waals surface area contributed by atoms with Crippen LogP contribution in [0.1, 0.15) is 92.9 Å². The van der Waals surface area contributed by atoms with Crippen LogP contribution in [0.3, 0.4) is 0 Å². The largest absolute Gasteiger partial charge is 0.247 e. The Morgan fingerprint density at radius 2 is 1.70 bits per heavy atom. The maximum absolute atomic E-state index is 13.7. The molecule has 0 N–H and O–H groups in total. The predicted molar refractivity (Wildman–Crippen MR) is 103 cm³/mol. The molecule has 0 bridgehead atoms. The summed E-state index contributed by atoms with van der Waals surface area (Å²) in [6.45, 7) is 12.1. The molecular weight excluding hydrogens is 309 g/mol. The highest BCUT2D eigenvalue weighted by molar-refractivity contribution is 7.40. The van der Waals surface area contributed by atoms with Gasteiger partial charge in [0.25, 0.3) is 0 Å². The fourth-order valence-corrected chi connectivity index (χ4v) is 4.16. The fraction of sp³-hybridized carbons (Fsp3) is 0.950. The average molecular weight is 349 g/mol. The summed E-state index contributed by atoms with van der Waals surface area (Å²) in [7, 11) is 1.40. The molecule has 0 heterocycles. The minimum atomic E-state index is -1.39. The lowest BCUT2D eigenvalue weighted by molar-refractivity contribution is 0.139. The van der Waals surface area contributed by atoms with Crippen LogP contribution in [-0.2, 0) is 0 Å². The molecule has 3 heteroatoms. The molecule has 0 aromatic rings. The second-order valence-corrected chi connectivity index (χ2v) is 9.16. The van der Waals surface area contributed by atoms with Crippen molar-refractivity contribution in [1.82, 2.24) is 0 Å². The van der Waals surface area contributed by atoms with Crippen molar-refractivity contribution in [1.29, 1.82) is 0 Å². The number of alkyl halides is 2. The van der Waals surface area contributed by atoms with Crippen molar-refractivity contribution in [2.45, 2.75) is 105 Å². The van der Waals surface area contributed by atoms with Gasteiger partial charge in [-0.05, 0) is 69.2 Å². The SMILES string of the molecule is CCCC(CCC(C)C(C)CC)=PCCCC(F)CC(C)(C)F. The number of rotatable bonds is 13. The van der Waals surface area contributed by atoms with E-state index in [9.17, 15) is 8.78 Å². The standard InChI is InChI=1S/C20H39F2P/c1-7-10-19(13-12-17(4)16(3)8-2)23-14-9-11-18(21)15-20(5,6)22/h16-18H,7-15H2,1-6H3. The predicted octanol–water partition coefficient (Wildman–Crippen LogP) is 7.62. The maximum Gasteiger partial charge on any atom is 0.108 e. The van der Waals surface area contributed by atoms with E-state index in [0.29, 0.717) is 6.42 Å². The van der Waals surface area contributed by atoms with E-state index < -0.39 is 11.8 Å². The van der Waals surface area contributed by atoms with Gasteiger partial charge in [0.1, 0.15) is 11.8 Å². The molecule has 0 saturated heterocycles. The van der Waals surface area contributed by atoms with E-state index in [4.69, 9.17) is 0 Å². The van der Waals surface area contributed by atoms with Crippen LogP contribution in [0, 0.1) is 11.8 Å². The number of halogens is 2. The third-order valence-corrected chi connectivity index (χ3v) is 6.19. The molecular formula is C20H39F2P. The molecule has 3 unspecified atom stereocenters. The van der Waals surface area contributed by atoms with E-state index in [1.165, 1.54) is 54.2 Å². The van der Waals surface area contributed by atoms with Crippen molar-refractivity contribution in [3.63, 3.8) is 0 Å². The summed E-state index contributed by atoms with van der Waals surface area (Å²) in [5.41, 5.74) is -1.39. The highest BCUT2D eigenvalue weighted by atomic mass is 31.1. The van der Waals surface area contributed by atoms with Crippen LogP contribution in [0.25, 0.3) is 0 Å². The van der Waals surface area contributed by atoms with E-state index in [1.54, 1.807) is 5.29 Å². The first-order valence-electron chi connectivity index (χ1n) is 9.54. The molecule has 0 fully saturated rings. The van der Waals surface area contributed by atoms with Crippen LogP contribution in [0.15, 0.2) is 0 Å². The Morgan fingerprint density at radius 3 is 2.22 bits per heavy atom. The average Bonchev–Trinajstić information content (AvgIpc) is 2.45. The summed E-state index contributed by atoms with van der Waals surface area (Å²) in [4.78, 5) is 0. The van der Waals surface area contributed by atoms with Crippen LogP contribution in [-0.4, -0.2) is 23.3 Å². The zero-order valence-corrected chi connectivity index (χ0v) is 17.2. The summed E-state index contributed by atoms with van der Waals surface area (Å²) < 4.78 is 27.1. The first-order chi connectivity index (χ1) is 10.7. The van der Waals surface area contributed by atoms with Gasteiger partial charge >= 0.3 is 0 Å². The van der Waals surface area contributed by atoms with Crippen molar-refractivity contribution in [3.8, 4) is 0 Å². The molecule has 0 saturated carbocycles. The summed E-state index contributed by atoms with van der Waals surface area (Å²) in [6.07, 6.45) is 7.58. The molecule has 3 atom stereocenters. The number of hydrogen-bond donors (Lipinski definition) is 0. The molecule has 138 valence electrons. The summed E-state index contributed by atoms with van der Waals surface area (Å²) in [5, 5.41) is 1.63. The first-order valence-corrected chi connectivity index (χ1v) is 10.6. The van der Waals surface area contributed by atoms with Gasteiger partial charge in [0.2, 0.25) is 0 Å². The molecule has 0 spiro atoms. The van der Waals surface area contributed by atoms with E-state index in [1.807, 2.05) is 0 Å². The van der Waals surface area contributed by atoms with E-state index in [0.717, 1.165) is 24.4 Å². The van der Waals surface area contributed by atoms with Gasteiger partial charge in [0, 0.05) is 6.42 Å². The second-order valence-electron chi connectivity index (χ2n) is 7.76. The smallest absolute Gasteiger partial charge is 0.108 e. The van der Waals surface area contributed by atoms with Crippen molar-refractivity contribution in [2.24, 2.45) is 11.8 Å². The van der Waals surface area contributed by atoms with Gasteiger partial charge in [0.05, 0.1) is 0 Å². The summed E-state index contributed by atoms with van der Waals surface area (Å²) >= 11 is 0. The third kappa shape index (κ3) is 13.0. The third-order valence-electron chi connectivity index (χ3n) is 4.76. The molecule has 0 aromatic heterocycles. The van der Waals surface area contributed by atoms with Crippen LogP contribution < -0.4 is 0 Å². The lowest BCUT2D eigenvalue weighted by atomic mass is 9.89. The van der Waals surface area contributed by atoms with Gasteiger partial charge in [0.15, 0.2) is 0 Å². The molecule has 0 amide bonds. The fourth-order valence-electron chi connectivity index (χ4n) is 2.83. The molecule has 23 heavy (non-hydrogen) atoms. The Balaban J connectivity index is 4.16. The van der Waals surface area contributed by atoms with Crippen LogP contribution in [0.5, 0.6) is 0 Å². The van der Waals surface area contributed by atoms with Crippen LogP contribution in [0.4, 0.5) is 8.78 Å². The summed E-state index contributed by atoms with van der Waals surface area (Å²) in [5.74, 6) is 1.58. The molecule has 0 rings (SSSR count). The number of hydrogen-bond acceptors (Lipinski definition) is 0. The normalized spacial score (nSPS) is 17.1. The molecule has 0 radical (unpaired) electrons. The highest BCUT2D eigenvalue weighted by Crippen LogP contribution is 2.24. The van der Waals surface area contributed by atoms with E-state index in [2.05, 4.69) is 27.7 Å². The van der Waals surface area contributed by atoms with Crippen molar-refractivity contribution >= 4 is 13.5 Å². The Labute approximate surface area is 145 Å². The second kappa shape index (κ2) is 12.4. The zero-order valence-electron chi connectivity index (χ0n) is 16.3. The zero-order chi connectivity index (χ0) is 17.9. The first kappa shape index (κ1) is 23.0. The van der Waals surface area contributed by atoms with Crippen LogP contribution in [0.2, 0.25) is 0 Å². The van der Waals surface area contributed by atoms with E-state index in [-0.39, 0.29) is 6.42 Å². The van der Waals surface area contributed by atoms with Gasteiger partial charge in [-0.1, -0.05) is 40.5 Å². The molecule has 0 aliphatic heterocycles. The maximum atomic E-state index is 13.7. The van der Waals surface area contributed by atoms with Gasteiger partial charge < -0.3 is 0 Å². The van der Waals surface area contributed by atoms with Crippen molar-refractivity contribution in [2.75, 3.05) is 6.16 Å². The van der Waals surface area contributed by atoms with E-state index >= 15 is 0 Å². The Hall–Kier alpha value is 0.0300. The van der Waals surface area contributed by atoms with Gasteiger partial charge in [-0.2, -0.15) is 0 Å². The molecule has 0 aromatic carbocycles. The molecule has 0 nitrogen and oxygen atoms in total. The van der Waals surface area contributed by atoms with Crippen LogP contribution >= 0.6 is 8.20 Å². The molecule has 0 aliphatic carbocycles. The van der Waals surface area contributed by atoms with Crippen molar-refractivity contribution < 1.29 is 8.78 Å². The lowest BCUT2D eigenvalue weighted by Crippen LogP contribution is -2.19. The van der Waals surface area contributed by atoms with Crippen molar-refractivity contribution in [3.05, 3.63) is 0 Å². The Kier molecular flexibility index (Phi) is 12.4. The minimum Gasteiger partial charge on any atom is -0.247 e. The van der Waals surface area contributed by atoms with Gasteiger partial charge in [-0.15, -0.1) is 8.20 Å². The lowest BCUT2D eigenvalue weighted by Gasteiger charge is -2.19. The summed E-state index contributed by atoms with van der Waals surface area (Å²) in [6, 6.07) is 0. The minimum absolute atomic E-state index is 0.0296.